The Morgan fingerprint density at radius 1 is 0.969 bits per heavy atom. The van der Waals surface area contributed by atoms with Crippen molar-refractivity contribution in [2.45, 2.75) is 67.9 Å². The lowest BCUT2D eigenvalue weighted by molar-refractivity contribution is 0.0173. The summed E-state index contributed by atoms with van der Waals surface area (Å²) >= 11 is 0. The second-order valence-electron chi connectivity index (χ2n) is 9.97. The van der Waals surface area contributed by atoms with Gasteiger partial charge < -0.3 is 14.5 Å². The number of rotatable bonds is 3. The van der Waals surface area contributed by atoms with Crippen molar-refractivity contribution >= 4 is 21.6 Å². The number of piperidine rings is 1. The van der Waals surface area contributed by atoms with Crippen LogP contribution >= 0.6 is 0 Å². The average molecular weight is 457 g/mol. The van der Waals surface area contributed by atoms with Crippen LogP contribution in [-0.4, -0.2) is 50.2 Å². The quantitative estimate of drug-likeness (QED) is 0.671. The van der Waals surface area contributed by atoms with Crippen LogP contribution in [0.25, 0.3) is 0 Å². The Labute approximate surface area is 191 Å². The van der Waals surface area contributed by atoms with Crippen LogP contribution < -0.4 is 4.90 Å². The Morgan fingerprint density at radius 2 is 1.62 bits per heavy atom. The SMILES string of the molecule is CC(C)(C)OC(=O)N1CCC(C)(N2CCc3cc(S(=O)(=O)c4ccccc4)ccc32)CC1. The van der Waals surface area contributed by atoms with E-state index in [1.165, 1.54) is 0 Å². The summed E-state index contributed by atoms with van der Waals surface area (Å²) in [5, 5.41) is 0. The van der Waals surface area contributed by atoms with Gasteiger partial charge in [-0.25, -0.2) is 13.2 Å². The van der Waals surface area contributed by atoms with Crippen LogP contribution in [0.15, 0.2) is 58.3 Å². The molecule has 0 unspecified atom stereocenters. The fraction of sp³-hybridized carbons (Fsp3) is 0.480. The van der Waals surface area contributed by atoms with Crippen molar-refractivity contribution in [3.05, 3.63) is 54.1 Å². The van der Waals surface area contributed by atoms with Crippen LogP contribution in [0.2, 0.25) is 0 Å². The van der Waals surface area contributed by atoms with Crippen LogP contribution in [-0.2, 0) is 21.0 Å². The summed E-state index contributed by atoms with van der Waals surface area (Å²) in [6, 6.07) is 14.1. The molecule has 0 aromatic heterocycles. The molecule has 2 aliphatic heterocycles. The number of sulfone groups is 1. The zero-order chi connectivity index (χ0) is 23.1. The van der Waals surface area contributed by atoms with Crippen molar-refractivity contribution in [3.8, 4) is 0 Å². The van der Waals surface area contributed by atoms with Crippen molar-refractivity contribution in [2.75, 3.05) is 24.5 Å². The zero-order valence-corrected chi connectivity index (χ0v) is 20.1. The first-order valence-corrected chi connectivity index (χ1v) is 12.7. The van der Waals surface area contributed by atoms with Gasteiger partial charge in [0.2, 0.25) is 9.84 Å². The molecule has 6 nitrogen and oxygen atoms in total. The number of carbonyl (C=O) groups is 1. The summed E-state index contributed by atoms with van der Waals surface area (Å²) in [4.78, 5) is 17.3. The number of fused-ring (bicyclic) bond motifs is 1. The van der Waals surface area contributed by atoms with Gasteiger partial charge >= 0.3 is 6.09 Å². The van der Waals surface area contributed by atoms with E-state index in [2.05, 4.69) is 11.8 Å². The standard InChI is InChI=1S/C25H32N2O4S/c1-24(2,3)31-23(28)26-16-13-25(4,14-17-26)27-15-12-19-18-21(10-11-22(19)27)32(29,30)20-8-6-5-7-9-20/h5-11,18H,12-17H2,1-4H3. The molecule has 1 amide bonds. The summed E-state index contributed by atoms with van der Waals surface area (Å²) < 4.78 is 31.6. The first kappa shape index (κ1) is 22.6. The molecule has 0 radical (unpaired) electrons. The highest BCUT2D eigenvalue weighted by molar-refractivity contribution is 7.91. The van der Waals surface area contributed by atoms with Gasteiger partial charge in [0.15, 0.2) is 0 Å². The lowest BCUT2D eigenvalue weighted by atomic mass is 9.87. The molecular weight excluding hydrogens is 424 g/mol. The molecule has 2 aromatic rings. The highest BCUT2D eigenvalue weighted by Gasteiger charge is 2.40. The van der Waals surface area contributed by atoms with Crippen LogP contribution in [0.3, 0.4) is 0 Å². The Bertz CT molecular complexity index is 1100. The molecule has 2 heterocycles. The van der Waals surface area contributed by atoms with Crippen LogP contribution in [0.1, 0.15) is 46.1 Å². The monoisotopic (exact) mass is 456 g/mol. The van der Waals surface area contributed by atoms with Crippen LogP contribution in [0.5, 0.6) is 0 Å². The number of ether oxygens (including phenoxy) is 1. The van der Waals surface area contributed by atoms with Gasteiger partial charge in [-0.05, 0) is 82.9 Å². The van der Waals surface area contributed by atoms with Gasteiger partial charge in [-0.1, -0.05) is 18.2 Å². The first-order chi connectivity index (χ1) is 15.0. The maximum atomic E-state index is 13.0. The van der Waals surface area contributed by atoms with Crippen molar-refractivity contribution in [2.24, 2.45) is 0 Å². The predicted octanol–water partition coefficient (Wildman–Crippen LogP) is 4.67. The Balaban J connectivity index is 1.50. The molecule has 0 bridgehead atoms. The van der Waals surface area contributed by atoms with E-state index in [0.29, 0.717) is 22.9 Å². The van der Waals surface area contributed by atoms with Crippen molar-refractivity contribution in [3.63, 3.8) is 0 Å². The minimum absolute atomic E-state index is 0.0798. The normalized spacial score (nSPS) is 18.4. The highest BCUT2D eigenvalue weighted by atomic mass is 32.2. The molecule has 0 aliphatic carbocycles. The van der Waals surface area contributed by atoms with E-state index in [0.717, 1.165) is 37.1 Å². The number of nitrogens with zero attached hydrogens (tertiary/aromatic N) is 2. The lowest BCUT2D eigenvalue weighted by Gasteiger charge is -2.46. The molecule has 1 saturated heterocycles. The van der Waals surface area contributed by atoms with Crippen molar-refractivity contribution in [1.82, 2.24) is 4.90 Å². The number of likely N-dealkylation sites (tertiary alicyclic amines) is 1. The number of benzene rings is 2. The molecule has 7 heteroatoms. The minimum Gasteiger partial charge on any atom is -0.444 e. The molecule has 2 aromatic carbocycles. The summed E-state index contributed by atoms with van der Waals surface area (Å²) in [7, 11) is -3.53. The fourth-order valence-electron chi connectivity index (χ4n) is 4.61. The van der Waals surface area contributed by atoms with E-state index < -0.39 is 15.4 Å². The maximum absolute atomic E-state index is 13.0. The second-order valence-corrected chi connectivity index (χ2v) is 11.9. The van der Waals surface area contributed by atoms with Crippen LogP contribution in [0.4, 0.5) is 10.5 Å². The van der Waals surface area contributed by atoms with Gasteiger partial charge in [0.05, 0.1) is 9.79 Å². The average Bonchev–Trinajstić information content (AvgIpc) is 3.18. The molecule has 172 valence electrons. The number of carbonyl (C=O) groups excluding carboxylic acids is 1. The van der Waals surface area contributed by atoms with E-state index in [9.17, 15) is 13.2 Å². The lowest BCUT2D eigenvalue weighted by Crippen LogP contribution is -2.54. The zero-order valence-electron chi connectivity index (χ0n) is 19.3. The van der Waals surface area contributed by atoms with Gasteiger partial charge in [-0.3, -0.25) is 0 Å². The summed E-state index contributed by atoms with van der Waals surface area (Å²) in [6.45, 7) is 10.0. The molecule has 0 saturated carbocycles. The predicted molar refractivity (Wildman–Crippen MR) is 125 cm³/mol. The van der Waals surface area contributed by atoms with Crippen LogP contribution in [0, 0.1) is 0 Å². The maximum Gasteiger partial charge on any atom is 0.410 e. The van der Waals surface area contributed by atoms with Gasteiger partial charge in [0.1, 0.15) is 5.60 Å². The molecule has 1 fully saturated rings. The van der Waals surface area contributed by atoms with Gasteiger partial charge in [0, 0.05) is 30.9 Å². The minimum atomic E-state index is -3.53. The number of hydrogen-bond acceptors (Lipinski definition) is 5. The van der Waals surface area contributed by atoms with E-state index in [-0.39, 0.29) is 11.6 Å². The van der Waals surface area contributed by atoms with Gasteiger partial charge in [-0.2, -0.15) is 0 Å². The molecular formula is C25H32N2O4S. The van der Waals surface area contributed by atoms with E-state index >= 15 is 0 Å². The first-order valence-electron chi connectivity index (χ1n) is 11.2. The summed E-state index contributed by atoms with van der Waals surface area (Å²) in [5.74, 6) is 0. The number of amides is 1. The van der Waals surface area contributed by atoms with Crippen molar-refractivity contribution in [1.29, 1.82) is 0 Å². The molecule has 0 atom stereocenters. The Kier molecular flexibility index (Phi) is 5.74. The van der Waals surface area contributed by atoms with Gasteiger partial charge in [0.25, 0.3) is 0 Å². The molecule has 2 aliphatic rings. The van der Waals surface area contributed by atoms with Crippen molar-refractivity contribution < 1.29 is 17.9 Å². The third-order valence-corrected chi connectivity index (χ3v) is 8.22. The molecule has 32 heavy (non-hydrogen) atoms. The van der Waals surface area contributed by atoms with E-state index in [1.54, 1.807) is 35.2 Å². The highest BCUT2D eigenvalue weighted by Crippen LogP contribution is 2.40. The third kappa shape index (κ3) is 4.35. The second kappa shape index (κ2) is 8.10. The number of anilines is 1. The fourth-order valence-corrected chi connectivity index (χ4v) is 5.94. The molecule has 4 rings (SSSR count). The topological polar surface area (TPSA) is 66.9 Å². The van der Waals surface area contributed by atoms with E-state index in [4.69, 9.17) is 4.74 Å². The third-order valence-electron chi connectivity index (χ3n) is 6.45. The number of hydrogen-bond donors (Lipinski definition) is 0. The van der Waals surface area contributed by atoms with Gasteiger partial charge in [-0.15, -0.1) is 0 Å². The largest absolute Gasteiger partial charge is 0.444 e. The Morgan fingerprint density at radius 3 is 2.25 bits per heavy atom. The molecule has 0 spiro atoms. The summed E-state index contributed by atoms with van der Waals surface area (Å²) in [5.41, 5.74) is 1.59. The van der Waals surface area contributed by atoms with E-state index in [1.807, 2.05) is 39.0 Å². The smallest absolute Gasteiger partial charge is 0.410 e. The summed E-state index contributed by atoms with van der Waals surface area (Å²) in [6.07, 6.45) is 2.25. The molecule has 0 N–H and O–H groups in total. The Hall–Kier alpha value is -2.54.